The molecule has 2 amide bonds. The molecule has 2 N–H and O–H groups in total. The third kappa shape index (κ3) is 7.19. The Bertz CT molecular complexity index is 1230. The molecule has 188 valence electrons. The summed E-state index contributed by atoms with van der Waals surface area (Å²) in [6.45, 7) is 8.02. The maximum absolute atomic E-state index is 12.6. The number of carbonyl (C=O) groups excluding carboxylic acids is 3. The summed E-state index contributed by atoms with van der Waals surface area (Å²) in [6, 6.07) is 12.6. The van der Waals surface area contributed by atoms with E-state index in [0.717, 1.165) is 0 Å². The normalized spacial score (nSPS) is 11.4. The Hall–Kier alpha value is -3.63. The molecule has 3 aromatic rings. The van der Waals surface area contributed by atoms with Crippen molar-refractivity contribution in [3.8, 4) is 0 Å². The maximum Gasteiger partial charge on any atom is 0.338 e. The number of amides is 2. The van der Waals surface area contributed by atoms with Crippen LogP contribution in [0.4, 0.5) is 5.69 Å². The Labute approximate surface area is 218 Å². The van der Waals surface area contributed by atoms with Crippen molar-refractivity contribution in [1.29, 1.82) is 0 Å². The quantitative estimate of drug-likeness (QED) is 0.214. The van der Waals surface area contributed by atoms with Gasteiger partial charge in [-0.15, -0.1) is 16.8 Å². The second-order valence-corrected chi connectivity index (χ2v) is 8.96. The molecular weight excluding hydrogens is 502 g/mol. The fourth-order valence-electron chi connectivity index (χ4n) is 3.20. The van der Waals surface area contributed by atoms with Gasteiger partial charge in [0, 0.05) is 22.8 Å². The number of hydrogen-bond acceptors (Lipinski definition) is 7. The second-order valence-electron chi connectivity index (χ2n) is 7.58. The summed E-state index contributed by atoms with van der Waals surface area (Å²) in [5.41, 5.74) is 1.44. The van der Waals surface area contributed by atoms with Crippen LogP contribution in [0.25, 0.3) is 0 Å². The molecule has 0 aliphatic carbocycles. The van der Waals surface area contributed by atoms with Crippen LogP contribution in [0.2, 0.25) is 5.02 Å². The summed E-state index contributed by atoms with van der Waals surface area (Å²) in [4.78, 5) is 36.8. The fourth-order valence-corrected chi connectivity index (χ4v) is 4.09. The predicted octanol–water partition coefficient (Wildman–Crippen LogP) is 4.52. The third-order valence-electron chi connectivity index (χ3n) is 4.91. The Morgan fingerprint density at radius 1 is 1.11 bits per heavy atom. The van der Waals surface area contributed by atoms with Crippen LogP contribution in [0.5, 0.6) is 0 Å². The molecule has 0 spiro atoms. The number of allylic oxidation sites excluding steroid dienone is 1. The molecule has 0 aliphatic heterocycles. The molecule has 2 aromatic carbocycles. The molecular formula is C25H26ClN5O4S. The zero-order valence-electron chi connectivity index (χ0n) is 19.9. The average Bonchev–Trinajstić information content (AvgIpc) is 3.26. The van der Waals surface area contributed by atoms with Crippen molar-refractivity contribution < 1.29 is 19.1 Å². The van der Waals surface area contributed by atoms with Gasteiger partial charge in [-0.2, -0.15) is 0 Å². The van der Waals surface area contributed by atoms with Gasteiger partial charge in [-0.05, 0) is 62.4 Å². The summed E-state index contributed by atoms with van der Waals surface area (Å²) in [7, 11) is 0. The van der Waals surface area contributed by atoms with Gasteiger partial charge in [-0.1, -0.05) is 29.4 Å². The Morgan fingerprint density at radius 2 is 1.78 bits per heavy atom. The molecule has 11 heteroatoms. The number of hydrogen-bond donors (Lipinski definition) is 2. The number of halogens is 1. The lowest BCUT2D eigenvalue weighted by Crippen LogP contribution is -2.28. The van der Waals surface area contributed by atoms with Crippen LogP contribution >= 0.6 is 23.4 Å². The van der Waals surface area contributed by atoms with E-state index in [9.17, 15) is 14.4 Å². The van der Waals surface area contributed by atoms with E-state index in [1.54, 1.807) is 73.0 Å². The zero-order valence-corrected chi connectivity index (χ0v) is 21.4. The maximum atomic E-state index is 12.6. The van der Waals surface area contributed by atoms with Crippen LogP contribution < -0.4 is 10.6 Å². The van der Waals surface area contributed by atoms with E-state index in [2.05, 4.69) is 27.4 Å². The molecule has 9 nitrogen and oxygen atoms in total. The third-order valence-corrected chi connectivity index (χ3v) is 6.13. The van der Waals surface area contributed by atoms with Crippen LogP contribution in [0.3, 0.4) is 0 Å². The van der Waals surface area contributed by atoms with Crippen molar-refractivity contribution in [3.05, 3.63) is 83.2 Å². The lowest BCUT2D eigenvalue weighted by atomic mass is 10.2. The number of ether oxygens (including phenoxy) is 1. The summed E-state index contributed by atoms with van der Waals surface area (Å²) in [6.07, 6.45) is 1.69. The molecule has 0 fully saturated rings. The van der Waals surface area contributed by atoms with Gasteiger partial charge < -0.3 is 19.9 Å². The van der Waals surface area contributed by atoms with Crippen LogP contribution in [-0.4, -0.2) is 44.9 Å². The lowest BCUT2D eigenvalue weighted by Gasteiger charge is -2.15. The van der Waals surface area contributed by atoms with E-state index >= 15 is 0 Å². The molecule has 0 bridgehead atoms. The zero-order chi connectivity index (χ0) is 26.1. The van der Waals surface area contributed by atoms with E-state index in [1.165, 1.54) is 11.8 Å². The number of thioether (sulfide) groups is 1. The number of nitrogens with one attached hydrogen (secondary N) is 2. The summed E-state index contributed by atoms with van der Waals surface area (Å²) in [5, 5.41) is 15.2. The number of rotatable bonds is 11. The summed E-state index contributed by atoms with van der Waals surface area (Å²) < 4.78 is 6.75. The van der Waals surface area contributed by atoms with Gasteiger partial charge in [-0.25, -0.2) is 4.79 Å². The first-order valence-electron chi connectivity index (χ1n) is 11.1. The first-order chi connectivity index (χ1) is 17.3. The van der Waals surface area contributed by atoms with Gasteiger partial charge in [-0.3, -0.25) is 9.59 Å². The molecule has 36 heavy (non-hydrogen) atoms. The van der Waals surface area contributed by atoms with Crippen molar-refractivity contribution in [1.82, 2.24) is 20.1 Å². The van der Waals surface area contributed by atoms with Crippen molar-refractivity contribution in [2.75, 3.05) is 17.7 Å². The first-order valence-corrected chi connectivity index (χ1v) is 12.5. The molecule has 0 saturated heterocycles. The standard InChI is InChI=1S/C25H26ClN5O4S/c1-4-14-31-22(16(3)27-23(33)17-6-10-19(26)11-7-17)29-30-25(31)36-15-21(32)28-20-12-8-18(9-13-20)24(34)35-5-2/h4,6-13,16H,1,5,14-15H2,2-3H3,(H,27,33)(H,28,32)/t16-/m0/s1. The molecule has 1 heterocycles. The topological polar surface area (TPSA) is 115 Å². The van der Waals surface area contributed by atoms with Gasteiger partial charge in [0.2, 0.25) is 5.91 Å². The lowest BCUT2D eigenvalue weighted by molar-refractivity contribution is -0.113. The van der Waals surface area contributed by atoms with Crippen molar-refractivity contribution in [2.24, 2.45) is 0 Å². The number of benzene rings is 2. The fraction of sp³-hybridized carbons (Fsp3) is 0.240. The summed E-state index contributed by atoms with van der Waals surface area (Å²) in [5.74, 6) is -0.311. The number of esters is 1. The van der Waals surface area contributed by atoms with Gasteiger partial charge in [0.1, 0.15) is 0 Å². The molecule has 0 aliphatic rings. The molecule has 3 rings (SSSR count). The highest BCUT2D eigenvalue weighted by molar-refractivity contribution is 7.99. The van der Waals surface area contributed by atoms with Gasteiger partial charge >= 0.3 is 5.97 Å². The molecule has 1 atom stereocenters. The summed E-state index contributed by atoms with van der Waals surface area (Å²) >= 11 is 7.10. The van der Waals surface area contributed by atoms with Crippen molar-refractivity contribution in [3.63, 3.8) is 0 Å². The van der Waals surface area contributed by atoms with Crippen LogP contribution in [0.1, 0.15) is 46.4 Å². The molecule has 0 saturated carbocycles. The molecule has 1 aromatic heterocycles. The molecule has 0 radical (unpaired) electrons. The van der Waals surface area contributed by atoms with E-state index in [4.69, 9.17) is 16.3 Å². The average molecular weight is 528 g/mol. The molecule has 0 unspecified atom stereocenters. The highest BCUT2D eigenvalue weighted by Crippen LogP contribution is 2.22. The minimum atomic E-state index is -0.443. The Morgan fingerprint density at radius 3 is 2.42 bits per heavy atom. The van der Waals surface area contributed by atoms with Gasteiger partial charge in [0.05, 0.1) is 24.0 Å². The van der Waals surface area contributed by atoms with Crippen molar-refractivity contribution >= 4 is 46.8 Å². The second kappa shape index (κ2) is 12.9. The largest absolute Gasteiger partial charge is 0.462 e. The van der Waals surface area contributed by atoms with Crippen LogP contribution in [0, 0.1) is 0 Å². The van der Waals surface area contributed by atoms with Crippen LogP contribution in [0.15, 0.2) is 66.3 Å². The number of nitrogens with zero attached hydrogens (tertiary/aromatic N) is 3. The SMILES string of the molecule is C=CCn1c(SCC(=O)Nc2ccc(C(=O)OCC)cc2)nnc1[C@H](C)NC(=O)c1ccc(Cl)cc1. The highest BCUT2D eigenvalue weighted by Gasteiger charge is 2.20. The predicted molar refractivity (Wildman–Crippen MR) is 139 cm³/mol. The monoisotopic (exact) mass is 527 g/mol. The van der Waals surface area contributed by atoms with E-state index in [0.29, 0.717) is 46.0 Å². The minimum absolute atomic E-state index is 0.0837. The van der Waals surface area contributed by atoms with Gasteiger partial charge in [0.15, 0.2) is 11.0 Å². The van der Waals surface area contributed by atoms with Crippen LogP contribution in [-0.2, 0) is 16.1 Å². The smallest absolute Gasteiger partial charge is 0.338 e. The Balaban J connectivity index is 1.61. The number of aromatic nitrogens is 3. The minimum Gasteiger partial charge on any atom is -0.462 e. The first kappa shape index (κ1) is 27.0. The highest BCUT2D eigenvalue weighted by atomic mass is 35.5. The van der Waals surface area contributed by atoms with E-state index in [-0.39, 0.29) is 17.6 Å². The number of anilines is 1. The van der Waals surface area contributed by atoms with E-state index in [1.807, 2.05) is 0 Å². The van der Waals surface area contributed by atoms with E-state index < -0.39 is 12.0 Å². The van der Waals surface area contributed by atoms with Crippen molar-refractivity contribution in [2.45, 2.75) is 31.6 Å². The van der Waals surface area contributed by atoms with Gasteiger partial charge in [0.25, 0.3) is 5.91 Å². The Kier molecular flexibility index (Phi) is 9.66. The number of carbonyl (C=O) groups is 3.